The van der Waals surface area contributed by atoms with Gasteiger partial charge in [-0.15, -0.1) is 0 Å². The van der Waals surface area contributed by atoms with E-state index in [0.29, 0.717) is 22.0 Å². The van der Waals surface area contributed by atoms with Crippen LogP contribution in [0.25, 0.3) is 10.9 Å². The van der Waals surface area contributed by atoms with Gasteiger partial charge in [0.05, 0.1) is 21.1 Å². The maximum absolute atomic E-state index is 13.3. The highest BCUT2D eigenvalue weighted by Crippen LogP contribution is 2.32. The molecular weight excluding hydrogens is 481 g/mol. The predicted octanol–water partition coefficient (Wildman–Crippen LogP) is 5.32. The summed E-state index contributed by atoms with van der Waals surface area (Å²) in [6.07, 6.45) is 5.60. The third-order valence-electron chi connectivity index (χ3n) is 7.79. The number of halogens is 2. The van der Waals surface area contributed by atoms with E-state index in [4.69, 9.17) is 23.2 Å². The van der Waals surface area contributed by atoms with Crippen LogP contribution in [0.2, 0.25) is 10.0 Å². The Balaban J connectivity index is 1.18. The lowest BCUT2D eigenvalue weighted by molar-refractivity contribution is 0.0242. The van der Waals surface area contributed by atoms with Gasteiger partial charge in [-0.3, -0.25) is 14.7 Å². The van der Waals surface area contributed by atoms with Gasteiger partial charge in [-0.25, -0.2) is 0 Å². The summed E-state index contributed by atoms with van der Waals surface area (Å²) < 4.78 is 0. The number of carbonyl (C=O) groups excluding carboxylic acids is 1. The average Bonchev–Trinajstić information content (AvgIpc) is 2.90. The molecule has 0 bridgehead atoms. The standard InChI is InChI=1S/C28H31Cl2N3O2/c29-25-6-5-19(16-26(25)30)15-20-8-12-33(17-21(20)18-34)22-9-13-32(14-10-22)28(35)24-7-11-31-27-4-2-1-3-23(24)27/h1-7,11,16,20-22,34H,8-10,12-15,17-18H2. The molecule has 1 aromatic heterocycles. The fraction of sp³-hybridized carbons (Fsp3) is 0.429. The van der Waals surface area contributed by atoms with Gasteiger partial charge in [0.2, 0.25) is 0 Å². The molecule has 2 atom stereocenters. The highest BCUT2D eigenvalue weighted by molar-refractivity contribution is 6.42. The highest BCUT2D eigenvalue weighted by Gasteiger charge is 2.34. The Morgan fingerprint density at radius 1 is 0.971 bits per heavy atom. The van der Waals surface area contributed by atoms with Crippen LogP contribution >= 0.6 is 23.2 Å². The monoisotopic (exact) mass is 511 g/mol. The molecule has 0 aliphatic carbocycles. The minimum Gasteiger partial charge on any atom is -0.396 e. The zero-order chi connectivity index (χ0) is 24.4. The van der Waals surface area contributed by atoms with Crippen LogP contribution in [0.5, 0.6) is 0 Å². The number of benzene rings is 2. The molecule has 3 heterocycles. The van der Waals surface area contributed by atoms with Crippen LogP contribution in [-0.2, 0) is 6.42 Å². The second-order valence-electron chi connectivity index (χ2n) is 9.84. The van der Waals surface area contributed by atoms with Crippen molar-refractivity contribution in [3.05, 3.63) is 75.9 Å². The summed E-state index contributed by atoms with van der Waals surface area (Å²) in [7, 11) is 0. The average molecular weight is 512 g/mol. The van der Waals surface area contributed by atoms with Crippen molar-refractivity contribution in [1.29, 1.82) is 0 Å². The quantitative estimate of drug-likeness (QED) is 0.503. The fourth-order valence-corrected chi connectivity index (χ4v) is 6.09. The first-order valence-electron chi connectivity index (χ1n) is 12.5. The number of hydrogen-bond acceptors (Lipinski definition) is 4. The van der Waals surface area contributed by atoms with Crippen LogP contribution in [0, 0.1) is 11.8 Å². The summed E-state index contributed by atoms with van der Waals surface area (Å²) in [6, 6.07) is 15.9. The van der Waals surface area contributed by atoms with Crippen LogP contribution in [0.4, 0.5) is 0 Å². The Hall–Kier alpha value is -2.18. The first kappa shape index (κ1) is 24.5. The molecule has 0 spiro atoms. The number of likely N-dealkylation sites (tertiary alicyclic amines) is 2. The molecule has 7 heteroatoms. The van der Waals surface area contributed by atoms with E-state index in [2.05, 4.69) is 9.88 Å². The van der Waals surface area contributed by atoms with E-state index in [-0.39, 0.29) is 18.4 Å². The van der Waals surface area contributed by atoms with Gasteiger partial charge in [-0.05, 0) is 73.9 Å². The Bertz CT molecular complexity index is 1190. The van der Waals surface area contributed by atoms with Crippen molar-refractivity contribution in [3.63, 3.8) is 0 Å². The lowest BCUT2D eigenvalue weighted by Crippen LogP contribution is -2.52. The lowest BCUT2D eigenvalue weighted by atomic mass is 9.80. The first-order chi connectivity index (χ1) is 17.0. The number of carbonyl (C=O) groups is 1. The molecule has 1 N–H and O–H groups in total. The number of fused-ring (bicyclic) bond motifs is 1. The van der Waals surface area contributed by atoms with E-state index < -0.39 is 0 Å². The minimum absolute atomic E-state index is 0.0932. The van der Waals surface area contributed by atoms with E-state index in [1.165, 1.54) is 5.56 Å². The molecule has 2 fully saturated rings. The number of para-hydroxylation sites is 1. The van der Waals surface area contributed by atoms with Gasteiger partial charge in [0.1, 0.15) is 0 Å². The number of pyridine rings is 1. The third kappa shape index (κ3) is 5.34. The summed E-state index contributed by atoms with van der Waals surface area (Å²) in [5.74, 6) is 0.756. The zero-order valence-corrected chi connectivity index (χ0v) is 21.3. The zero-order valence-electron chi connectivity index (χ0n) is 19.7. The van der Waals surface area contributed by atoms with Crippen molar-refractivity contribution < 1.29 is 9.90 Å². The number of piperidine rings is 2. The molecule has 2 unspecified atom stereocenters. The maximum Gasteiger partial charge on any atom is 0.254 e. The SMILES string of the molecule is O=C(c1ccnc2ccccc12)N1CCC(N2CCC(Cc3ccc(Cl)c(Cl)c3)C(CO)C2)CC1. The van der Waals surface area contributed by atoms with Gasteiger partial charge in [-0.1, -0.05) is 47.5 Å². The van der Waals surface area contributed by atoms with E-state index in [1.807, 2.05) is 53.4 Å². The lowest BCUT2D eigenvalue weighted by Gasteiger charge is -2.44. The van der Waals surface area contributed by atoms with Gasteiger partial charge in [0.25, 0.3) is 5.91 Å². The van der Waals surface area contributed by atoms with Crippen LogP contribution in [-0.4, -0.2) is 64.6 Å². The summed E-state index contributed by atoms with van der Waals surface area (Å²) >= 11 is 12.3. The van der Waals surface area contributed by atoms with Gasteiger partial charge in [0.15, 0.2) is 0 Å². The third-order valence-corrected chi connectivity index (χ3v) is 8.53. The van der Waals surface area contributed by atoms with E-state index in [0.717, 1.165) is 68.3 Å². The molecular formula is C28H31Cl2N3O2. The molecule has 5 nitrogen and oxygen atoms in total. The Morgan fingerprint density at radius 2 is 1.77 bits per heavy atom. The fourth-order valence-electron chi connectivity index (χ4n) is 5.77. The van der Waals surface area contributed by atoms with Crippen molar-refractivity contribution in [3.8, 4) is 0 Å². The van der Waals surface area contributed by atoms with Gasteiger partial charge >= 0.3 is 0 Å². The smallest absolute Gasteiger partial charge is 0.254 e. The molecule has 2 aliphatic rings. The molecule has 0 saturated carbocycles. The number of aliphatic hydroxyl groups is 1. The molecule has 2 aromatic carbocycles. The number of rotatable bonds is 5. The maximum atomic E-state index is 13.3. The van der Waals surface area contributed by atoms with E-state index in [9.17, 15) is 9.90 Å². The Morgan fingerprint density at radius 3 is 2.54 bits per heavy atom. The topological polar surface area (TPSA) is 56.7 Å². The Kier molecular flexibility index (Phi) is 7.59. The van der Waals surface area contributed by atoms with Crippen molar-refractivity contribution >= 4 is 40.0 Å². The molecule has 35 heavy (non-hydrogen) atoms. The first-order valence-corrected chi connectivity index (χ1v) is 13.2. The number of amides is 1. The van der Waals surface area contributed by atoms with Crippen LogP contribution in [0.3, 0.4) is 0 Å². The van der Waals surface area contributed by atoms with E-state index in [1.54, 1.807) is 6.20 Å². The molecule has 5 rings (SSSR count). The number of hydrogen-bond donors (Lipinski definition) is 1. The van der Waals surface area contributed by atoms with Crippen molar-refractivity contribution in [2.75, 3.05) is 32.8 Å². The van der Waals surface area contributed by atoms with Crippen LogP contribution in [0.15, 0.2) is 54.7 Å². The highest BCUT2D eigenvalue weighted by atomic mass is 35.5. The second-order valence-corrected chi connectivity index (χ2v) is 10.7. The van der Waals surface area contributed by atoms with Crippen LogP contribution < -0.4 is 0 Å². The number of nitrogens with zero attached hydrogens (tertiary/aromatic N) is 3. The predicted molar refractivity (Wildman–Crippen MR) is 141 cm³/mol. The van der Waals surface area contributed by atoms with Gasteiger partial charge in [-0.2, -0.15) is 0 Å². The van der Waals surface area contributed by atoms with Crippen molar-refractivity contribution in [2.24, 2.45) is 11.8 Å². The second kappa shape index (κ2) is 10.8. The number of aromatic nitrogens is 1. The van der Waals surface area contributed by atoms with Gasteiger partial charge < -0.3 is 10.0 Å². The largest absolute Gasteiger partial charge is 0.396 e. The molecule has 2 saturated heterocycles. The molecule has 0 radical (unpaired) electrons. The van der Waals surface area contributed by atoms with Gasteiger partial charge in [0, 0.05) is 43.9 Å². The van der Waals surface area contributed by atoms with Crippen molar-refractivity contribution in [1.82, 2.24) is 14.8 Å². The summed E-state index contributed by atoms with van der Waals surface area (Å²) in [6.45, 7) is 3.63. The number of aliphatic hydroxyl groups excluding tert-OH is 1. The summed E-state index contributed by atoms with van der Waals surface area (Å²) in [4.78, 5) is 22.2. The molecule has 3 aromatic rings. The summed E-state index contributed by atoms with van der Waals surface area (Å²) in [5.41, 5.74) is 2.76. The minimum atomic E-state index is 0.0932. The molecule has 1 amide bonds. The molecule has 2 aliphatic heterocycles. The summed E-state index contributed by atoms with van der Waals surface area (Å²) in [5, 5.41) is 12.2. The van der Waals surface area contributed by atoms with Crippen molar-refractivity contribution in [2.45, 2.75) is 31.7 Å². The molecule has 184 valence electrons. The van der Waals surface area contributed by atoms with E-state index >= 15 is 0 Å². The Labute approximate surface area is 216 Å². The van der Waals surface area contributed by atoms with Crippen LogP contribution in [0.1, 0.15) is 35.2 Å². The normalized spacial score (nSPS) is 22.0.